The minimum atomic E-state index is -1.51. The van der Waals surface area contributed by atoms with Gasteiger partial charge in [0.2, 0.25) is 0 Å². The van der Waals surface area contributed by atoms with E-state index in [-0.39, 0.29) is 12.1 Å². The van der Waals surface area contributed by atoms with Crippen molar-refractivity contribution in [3.8, 4) is 6.07 Å². The van der Waals surface area contributed by atoms with E-state index in [9.17, 15) is 4.79 Å². The van der Waals surface area contributed by atoms with Crippen LogP contribution in [0.15, 0.2) is 24.4 Å². The van der Waals surface area contributed by atoms with Crippen LogP contribution in [0.25, 0.3) is 0 Å². The fourth-order valence-electron chi connectivity index (χ4n) is 1.24. The van der Waals surface area contributed by atoms with Crippen LogP contribution in [0.2, 0.25) is 0 Å². The summed E-state index contributed by atoms with van der Waals surface area (Å²) in [5.41, 5.74) is -1.22. The number of nitrogens with zero attached hydrogens (tertiary/aromatic N) is 2. The zero-order valence-corrected chi connectivity index (χ0v) is 7.77. The molecule has 0 fully saturated rings. The molecule has 0 aliphatic rings. The SMILES string of the molecule is CCC(C#N)(C(=O)O)c1ccccn1. The van der Waals surface area contributed by atoms with Crippen molar-refractivity contribution < 1.29 is 9.90 Å². The Balaban J connectivity index is 3.27. The van der Waals surface area contributed by atoms with Crippen LogP contribution in [0, 0.1) is 11.3 Å². The molecule has 1 rings (SSSR count). The van der Waals surface area contributed by atoms with Crippen LogP contribution < -0.4 is 0 Å². The molecule has 0 radical (unpaired) electrons. The molecule has 1 unspecified atom stereocenters. The third-order valence-corrected chi connectivity index (χ3v) is 2.19. The molecular weight excluding hydrogens is 180 g/mol. The van der Waals surface area contributed by atoms with Gasteiger partial charge in [0, 0.05) is 6.20 Å². The molecule has 0 spiro atoms. The summed E-state index contributed by atoms with van der Waals surface area (Å²) in [5, 5.41) is 17.9. The molecule has 0 bridgehead atoms. The van der Waals surface area contributed by atoms with Crippen molar-refractivity contribution in [1.29, 1.82) is 5.26 Å². The van der Waals surface area contributed by atoms with Crippen molar-refractivity contribution in [2.45, 2.75) is 18.8 Å². The Kier molecular flexibility index (Phi) is 2.82. The normalized spacial score (nSPS) is 14.0. The molecule has 14 heavy (non-hydrogen) atoms. The third kappa shape index (κ3) is 1.44. The first-order valence-corrected chi connectivity index (χ1v) is 4.23. The molecule has 4 heteroatoms. The molecule has 0 amide bonds. The van der Waals surface area contributed by atoms with E-state index in [2.05, 4.69) is 4.98 Å². The Morgan fingerprint density at radius 1 is 1.71 bits per heavy atom. The number of rotatable bonds is 3. The molecule has 72 valence electrons. The number of aromatic nitrogens is 1. The maximum atomic E-state index is 11.0. The summed E-state index contributed by atoms with van der Waals surface area (Å²) in [7, 11) is 0. The van der Waals surface area contributed by atoms with Crippen molar-refractivity contribution in [2.24, 2.45) is 0 Å². The highest BCUT2D eigenvalue weighted by molar-refractivity contribution is 5.84. The molecule has 0 saturated carbocycles. The molecule has 1 N–H and O–H groups in total. The molecular formula is C10H10N2O2. The van der Waals surface area contributed by atoms with Crippen LogP contribution in [0.3, 0.4) is 0 Å². The highest BCUT2D eigenvalue weighted by Gasteiger charge is 2.40. The van der Waals surface area contributed by atoms with E-state index >= 15 is 0 Å². The van der Waals surface area contributed by atoms with E-state index in [1.54, 1.807) is 25.1 Å². The van der Waals surface area contributed by atoms with Crippen molar-refractivity contribution in [2.75, 3.05) is 0 Å². The summed E-state index contributed by atoms with van der Waals surface area (Å²) < 4.78 is 0. The quantitative estimate of drug-likeness (QED) is 0.780. The molecule has 1 atom stereocenters. The number of nitriles is 1. The number of carboxylic acids is 1. The van der Waals surface area contributed by atoms with Gasteiger partial charge in [0.15, 0.2) is 5.41 Å². The maximum absolute atomic E-state index is 11.0. The van der Waals surface area contributed by atoms with E-state index in [1.165, 1.54) is 6.20 Å². The minimum Gasteiger partial charge on any atom is -0.480 e. The van der Waals surface area contributed by atoms with Gasteiger partial charge in [-0.15, -0.1) is 0 Å². The van der Waals surface area contributed by atoms with Crippen molar-refractivity contribution >= 4 is 5.97 Å². The van der Waals surface area contributed by atoms with Crippen molar-refractivity contribution in [3.63, 3.8) is 0 Å². The summed E-state index contributed by atoms with van der Waals surface area (Å²) in [4.78, 5) is 14.9. The number of pyridine rings is 1. The predicted octanol–water partition coefficient (Wildman–Crippen LogP) is 1.34. The molecule has 0 aliphatic heterocycles. The van der Waals surface area contributed by atoms with Gasteiger partial charge in [-0.25, -0.2) is 0 Å². The van der Waals surface area contributed by atoms with Crippen LogP contribution in [0.5, 0.6) is 0 Å². The van der Waals surface area contributed by atoms with E-state index < -0.39 is 11.4 Å². The van der Waals surface area contributed by atoms with E-state index in [1.807, 2.05) is 6.07 Å². The second kappa shape index (κ2) is 3.88. The van der Waals surface area contributed by atoms with E-state index in [0.717, 1.165) is 0 Å². The van der Waals surface area contributed by atoms with Gasteiger partial charge in [-0.2, -0.15) is 5.26 Å². The van der Waals surface area contributed by atoms with E-state index in [0.29, 0.717) is 0 Å². The summed E-state index contributed by atoms with van der Waals surface area (Å²) in [6.45, 7) is 1.66. The monoisotopic (exact) mass is 190 g/mol. The average Bonchev–Trinajstić information content (AvgIpc) is 2.22. The lowest BCUT2D eigenvalue weighted by Gasteiger charge is -2.18. The van der Waals surface area contributed by atoms with Gasteiger partial charge in [0.25, 0.3) is 0 Å². The molecule has 0 saturated heterocycles. The van der Waals surface area contributed by atoms with Crippen LogP contribution in [-0.2, 0) is 10.2 Å². The van der Waals surface area contributed by atoms with Gasteiger partial charge in [-0.1, -0.05) is 13.0 Å². The van der Waals surface area contributed by atoms with Crippen LogP contribution in [-0.4, -0.2) is 16.1 Å². The summed E-state index contributed by atoms with van der Waals surface area (Å²) >= 11 is 0. The van der Waals surface area contributed by atoms with Gasteiger partial charge in [0.05, 0.1) is 11.8 Å². The first-order valence-electron chi connectivity index (χ1n) is 4.23. The number of hydrogen-bond donors (Lipinski definition) is 1. The van der Waals surface area contributed by atoms with E-state index in [4.69, 9.17) is 10.4 Å². The molecule has 1 aromatic rings. The van der Waals surface area contributed by atoms with Gasteiger partial charge < -0.3 is 5.11 Å². The Morgan fingerprint density at radius 3 is 2.79 bits per heavy atom. The van der Waals surface area contributed by atoms with Gasteiger partial charge in [-0.3, -0.25) is 9.78 Å². The molecule has 1 heterocycles. The Hall–Kier alpha value is -1.89. The summed E-state index contributed by atoms with van der Waals surface area (Å²) in [5.74, 6) is -1.15. The van der Waals surface area contributed by atoms with Crippen LogP contribution >= 0.6 is 0 Å². The smallest absolute Gasteiger partial charge is 0.330 e. The predicted molar refractivity (Wildman–Crippen MR) is 49.5 cm³/mol. The molecule has 0 aliphatic carbocycles. The fraction of sp³-hybridized carbons (Fsp3) is 0.300. The van der Waals surface area contributed by atoms with Gasteiger partial charge in [0.1, 0.15) is 0 Å². The number of hydrogen-bond acceptors (Lipinski definition) is 3. The lowest BCUT2D eigenvalue weighted by molar-refractivity contribution is -0.141. The number of carbonyl (C=O) groups is 1. The van der Waals surface area contributed by atoms with Crippen molar-refractivity contribution in [1.82, 2.24) is 4.98 Å². The number of carboxylic acid groups (broad SMARTS) is 1. The van der Waals surface area contributed by atoms with Crippen molar-refractivity contribution in [3.05, 3.63) is 30.1 Å². The Morgan fingerprint density at radius 2 is 2.43 bits per heavy atom. The summed E-state index contributed by atoms with van der Waals surface area (Å²) in [6, 6.07) is 6.73. The second-order valence-corrected chi connectivity index (χ2v) is 2.89. The third-order valence-electron chi connectivity index (χ3n) is 2.19. The average molecular weight is 190 g/mol. The van der Waals surface area contributed by atoms with Crippen LogP contribution in [0.4, 0.5) is 0 Å². The highest BCUT2D eigenvalue weighted by atomic mass is 16.4. The Bertz CT molecular complexity index is 369. The molecule has 1 aromatic heterocycles. The fourth-order valence-corrected chi connectivity index (χ4v) is 1.24. The zero-order chi connectivity index (χ0) is 10.6. The lowest BCUT2D eigenvalue weighted by Crippen LogP contribution is -2.34. The first kappa shape index (κ1) is 10.2. The highest BCUT2D eigenvalue weighted by Crippen LogP contribution is 2.25. The largest absolute Gasteiger partial charge is 0.480 e. The topological polar surface area (TPSA) is 74.0 Å². The lowest BCUT2D eigenvalue weighted by atomic mass is 9.83. The standard InChI is InChI=1S/C10H10N2O2/c1-2-10(7-11,9(13)14)8-5-3-4-6-12-8/h3-6H,2H2,1H3,(H,13,14). The molecule has 0 aromatic carbocycles. The minimum absolute atomic E-state index is 0.204. The van der Waals surface area contributed by atoms with Crippen LogP contribution in [0.1, 0.15) is 19.0 Å². The number of aliphatic carboxylic acids is 1. The zero-order valence-electron chi connectivity index (χ0n) is 7.77. The summed E-state index contributed by atoms with van der Waals surface area (Å²) in [6.07, 6.45) is 1.69. The maximum Gasteiger partial charge on any atom is 0.330 e. The van der Waals surface area contributed by atoms with Gasteiger partial charge in [-0.05, 0) is 18.6 Å². The first-order chi connectivity index (χ1) is 6.67. The Labute approximate surface area is 81.8 Å². The second-order valence-electron chi connectivity index (χ2n) is 2.89. The van der Waals surface area contributed by atoms with Gasteiger partial charge >= 0.3 is 5.97 Å². The molecule has 4 nitrogen and oxygen atoms in total.